The summed E-state index contributed by atoms with van der Waals surface area (Å²) >= 11 is 0. The molecule has 1 heterocycles. The second kappa shape index (κ2) is 11.9. The van der Waals surface area contributed by atoms with Crippen molar-refractivity contribution in [3.63, 3.8) is 0 Å². The van der Waals surface area contributed by atoms with Gasteiger partial charge < -0.3 is 31.8 Å². The minimum absolute atomic E-state index is 0.233. The van der Waals surface area contributed by atoms with E-state index in [4.69, 9.17) is 5.73 Å². The first-order chi connectivity index (χ1) is 14.1. The van der Waals surface area contributed by atoms with Gasteiger partial charge in [-0.1, -0.05) is 34.1 Å². The monoisotopic (exact) mass is 424 g/mol. The Balaban J connectivity index is 2.64. The SMILES string of the molecule is CCC(C)C(NC(=O)CNC(=O)C(N)Cc1cnc[nH]1)C(=O)NC(C(=O)O)C(C)C. The highest BCUT2D eigenvalue weighted by atomic mass is 16.4. The van der Waals surface area contributed by atoms with Gasteiger partial charge in [0.2, 0.25) is 17.7 Å². The van der Waals surface area contributed by atoms with Crippen LogP contribution in [0.25, 0.3) is 0 Å². The molecular formula is C19H32N6O5. The number of hydrogen-bond acceptors (Lipinski definition) is 6. The van der Waals surface area contributed by atoms with Crippen LogP contribution in [0, 0.1) is 11.8 Å². The van der Waals surface area contributed by atoms with Crippen molar-refractivity contribution in [3.05, 3.63) is 18.2 Å². The highest BCUT2D eigenvalue weighted by Gasteiger charge is 2.31. The number of hydrogen-bond donors (Lipinski definition) is 6. The van der Waals surface area contributed by atoms with E-state index in [1.807, 2.05) is 6.92 Å². The van der Waals surface area contributed by atoms with Crippen molar-refractivity contribution in [1.29, 1.82) is 0 Å². The number of carbonyl (C=O) groups is 4. The predicted molar refractivity (Wildman–Crippen MR) is 109 cm³/mol. The van der Waals surface area contributed by atoms with E-state index in [-0.39, 0.29) is 24.8 Å². The van der Waals surface area contributed by atoms with E-state index in [9.17, 15) is 24.3 Å². The Labute approximate surface area is 175 Å². The number of imidazole rings is 1. The Morgan fingerprint density at radius 1 is 1.13 bits per heavy atom. The molecule has 0 aliphatic rings. The maximum Gasteiger partial charge on any atom is 0.326 e. The summed E-state index contributed by atoms with van der Waals surface area (Å²) in [4.78, 5) is 55.0. The lowest BCUT2D eigenvalue weighted by atomic mass is 9.96. The van der Waals surface area contributed by atoms with Crippen LogP contribution in [-0.2, 0) is 25.6 Å². The number of rotatable bonds is 12. The lowest BCUT2D eigenvalue weighted by Gasteiger charge is -2.26. The van der Waals surface area contributed by atoms with Crippen molar-refractivity contribution in [2.45, 2.75) is 58.7 Å². The van der Waals surface area contributed by atoms with Gasteiger partial charge in [0.1, 0.15) is 12.1 Å². The molecule has 0 saturated carbocycles. The van der Waals surface area contributed by atoms with Gasteiger partial charge in [-0.05, 0) is 11.8 Å². The number of aromatic nitrogens is 2. The molecule has 3 amide bonds. The lowest BCUT2D eigenvalue weighted by molar-refractivity contribution is -0.143. The summed E-state index contributed by atoms with van der Waals surface area (Å²) < 4.78 is 0. The molecule has 11 heteroatoms. The third-order valence-electron chi connectivity index (χ3n) is 4.80. The zero-order valence-corrected chi connectivity index (χ0v) is 17.8. The second-order valence-electron chi connectivity index (χ2n) is 7.60. The molecule has 1 aromatic rings. The first-order valence-corrected chi connectivity index (χ1v) is 9.89. The van der Waals surface area contributed by atoms with Crippen molar-refractivity contribution >= 4 is 23.7 Å². The zero-order valence-electron chi connectivity index (χ0n) is 17.8. The molecule has 168 valence electrons. The fourth-order valence-corrected chi connectivity index (χ4v) is 2.71. The van der Waals surface area contributed by atoms with Crippen LogP contribution >= 0.6 is 0 Å². The van der Waals surface area contributed by atoms with Crippen molar-refractivity contribution < 1.29 is 24.3 Å². The molecule has 11 nitrogen and oxygen atoms in total. The van der Waals surface area contributed by atoms with Crippen molar-refractivity contribution in [2.24, 2.45) is 17.6 Å². The van der Waals surface area contributed by atoms with E-state index >= 15 is 0 Å². The first kappa shape index (κ1) is 25.1. The van der Waals surface area contributed by atoms with Gasteiger partial charge in [-0.25, -0.2) is 9.78 Å². The lowest BCUT2D eigenvalue weighted by Crippen LogP contribution is -2.56. The Morgan fingerprint density at radius 2 is 1.80 bits per heavy atom. The van der Waals surface area contributed by atoms with Crippen molar-refractivity contribution in [1.82, 2.24) is 25.9 Å². The maximum atomic E-state index is 12.6. The molecule has 0 radical (unpaired) electrons. The van der Waals surface area contributed by atoms with Gasteiger partial charge in [-0.2, -0.15) is 0 Å². The van der Waals surface area contributed by atoms with E-state index in [2.05, 4.69) is 25.9 Å². The molecule has 0 aliphatic carbocycles. The van der Waals surface area contributed by atoms with E-state index in [0.717, 1.165) is 0 Å². The Kier molecular flexibility index (Phi) is 9.96. The van der Waals surface area contributed by atoms with Crippen molar-refractivity contribution in [3.8, 4) is 0 Å². The minimum Gasteiger partial charge on any atom is -0.480 e. The fourth-order valence-electron chi connectivity index (χ4n) is 2.71. The number of nitrogens with two attached hydrogens (primary N) is 1. The number of nitrogens with one attached hydrogen (secondary N) is 4. The molecule has 7 N–H and O–H groups in total. The van der Waals surface area contributed by atoms with E-state index < -0.39 is 41.8 Å². The molecule has 30 heavy (non-hydrogen) atoms. The quantitative estimate of drug-likeness (QED) is 0.253. The molecule has 4 unspecified atom stereocenters. The van der Waals surface area contributed by atoms with E-state index in [1.54, 1.807) is 27.0 Å². The van der Waals surface area contributed by atoms with Gasteiger partial charge in [-0.3, -0.25) is 14.4 Å². The fraction of sp³-hybridized carbons (Fsp3) is 0.632. The highest BCUT2D eigenvalue weighted by Crippen LogP contribution is 2.10. The number of carbonyl (C=O) groups excluding carboxylic acids is 3. The summed E-state index contributed by atoms with van der Waals surface area (Å²) in [6, 6.07) is -2.87. The molecule has 0 aliphatic heterocycles. The topological polar surface area (TPSA) is 179 Å². The number of aromatic amines is 1. The summed E-state index contributed by atoms with van der Waals surface area (Å²) in [5.74, 6) is -3.39. The molecule has 4 atom stereocenters. The minimum atomic E-state index is -1.15. The van der Waals surface area contributed by atoms with Crippen LogP contribution in [0.15, 0.2) is 12.5 Å². The van der Waals surface area contributed by atoms with Crippen LogP contribution in [0.3, 0.4) is 0 Å². The largest absolute Gasteiger partial charge is 0.480 e. The zero-order chi connectivity index (χ0) is 22.8. The summed E-state index contributed by atoms with van der Waals surface area (Å²) in [6.07, 6.45) is 3.84. The maximum absolute atomic E-state index is 12.6. The van der Waals surface area contributed by atoms with Gasteiger partial charge in [0.05, 0.1) is 18.9 Å². The smallest absolute Gasteiger partial charge is 0.326 e. The van der Waals surface area contributed by atoms with Gasteiger partial charge in [0.25, 0.3) is 0 Å². The van der Waals surface area contributed by atoms with Crippen molar-refractivity contribution in [2.75, 3.05) is 6.54 Å². The van der Waals surface area contributed by atoms with Crippen LogP contribution in [0.5, 0.6) is 0 Å². The third-order valence-corrected chi connectivity index (χ3v) is 4.80. The molecule has 0 fully saturated rings. The molecule has 1 rings (SSSR count). The van der Waals surface area contributed by atoms with Gasteiger partial charge in [0, 0.05) is 18.3 Å². The Morgan fingerprint density at radius 3 is 2.30 bits per heavy atom. The summed E-state index contributed by atoms with van der Waals surface area (Å²) in [7, 11) is 0. The summed E-state index contributed by atoms with van der Waals surface area (Å²) in [6.45, 7) is 6.62. The van der Waals surface area contributed by atoms with Crippen LogP contribution in [0.4, 0.5) is 0 Å². The van der Waals surface area contributed by atoms with Gasteiger partial charge in [0.15, 0.2) is 0 Å². The van der Waals surface area contributed by atoms with E-state index in [1.165, 1.54) is 6.33 Å². The molecule has 0 aromatic carbocycles. The average Bonchev–Trinajstić information content (AvgIpc) is 3.19. The number of H-pyrrole nitrogens is 1. The van der Waals surface area contributed by atoms with E-state index in [0.29, 0.717) is 12.1 Å². The molecule has 0 spiro atoms. The highest BCUT2D eigenvalue weighted by molar-refractivity contribution is 5.92. The third kappa shape index (κ3) is 7.82. The molecular weight excluding hydrogens is 392 g/mol. The molecule has 1 aromatic heterocycles. The number of carboxylic acid groups (broad SMARTS) is 1. The summed E-state index contributed by atoms with van der Waals surface area (Å²) in [5, 5.41) is 16.8. The Bertz CT molecular complexity index is 721. The van der Waals surface area contributed by atoms with Gasteiger partial charge in [-0.15, -0.1) is 0 Å². The van der Waals surface area contributed by atoms with Gasteiger partial charge >= 0.3 is 5.97 Å². The number of amides is 3. The van der Waals surface area contributed by atoms with Crippen LogP contribution in [0.2, 0.25) is 0 Å². The van der Waals surface area contributed by atoms with Crippen LogP contribution in [0.1, 0.15) is 39.8 Å². The normalized spacial score (nSPS) is 15.0. The van der Waals surface area contributed by atoms with Crippen LogP contribution in [-0.4, -0.2) is 63.4 Å². The summed E-state index contributed by atoms with van der Waals surface area (Å²) in [5.41, 5.74) is 6.50. The van der Waals surface area contributed by atoms with Crippen LogP contribution < -0.4 is 21.7 Å². The predicted octanol–water partition coefficient (Wildman–Crippen LogP) is -0.848. The average molecular weight is 425 g/mol. The number of nitrogens with zero attached hydrogens (tertiary/aromatic N) is 1. The Hall–Kier alpha value is -2.95. The molecule has 0 bridgehead atoms. The molecule has 0 saturated heterocycles. The standard InChI is InChI=1S/C19H32N6O5/c1-5-11(4)16(18(28)25-15(10(2)3)19(29)30)24-14(26)8-22-17(27)13(20)6-12-7-21-9-23-12/h7,9-11,13,15-16H,5-6,8,20H2,1-4H3,(H,21,23)(H,22,27)(H,24,26)(H,25,28)(H,29,30). The second-order valence-corrected chi connectivity index (χ2v) is 7.60. The first-order valence-electron chi connectivity index (χ1n) is 9.89. The number of aliphatic carboxylic acids is 1. The number of carboxylic acids is 1.